The Hall–Kier alpha value is -1.55. The van der Waals surface area contributed by atoms with Crippen LogP contribution in [0.1, 0.15) is 25.3 Å². The van der Waals surface area contributed by atoms with Crippen molar-refractivity contribution in [3.63, 3.8) is 0 Å². The van der Waals surface area contributed by atoms with Gasteiger partial charge >= 0.3 is 0 Å². The molecule has 3 rings (SSSR count). The summed E-state index contributed by atoms with van der Waals surface area (Å²) in [5.41, 5.74) is 1.33. The van der Waals surface area contributed by atoms with Crippen molar-refractivity contribution in [1.29, 1.82) is 0 Å². The maximum atomic E-state index is 4.45. The van der Waals surface area contributed by atoms with Crippen molar-refractivity contribution in [2.45, 2.75) is 30.5 Å². The summed E-state index contributed by atoms with van der Waals surface area (Å²) >= 11 is 1.77. The third kappa shape index (κ3) is 3.97. The quantitative estimate of drug-likeness (QED) is 0.630. The standard InChI is InChI=1S/C17H21N3S/c1-14-6-5-9-20(11-14)16-10-17(19-13-18-16)21-12-15-7-3-2-4-8-15/h2-4,7-8,10,13-14H,5-6,9,11-12H2,1H3. The van der Waals surface area contributed by atoms with E-state index in [0.29, 0.717) is 0 Å². The normalized spacial score (nSPS) is 18.7. The van der Waals surface area contributed by atoms with Crippen LogP contribution < -0.4 is 4.90 Å². The minimum Gasteiger partial charge on any atom is -0.356 e. The van der Waals surface area contributed by atoms with E-state index < -0.39 is 0 Å². The lowest BCUT2D eigenvalue weighted by Crippen LogP contribution is -2.34. The van der Waals surface area contributed by atoms with Crippen LogP contribution in [0.2, 0.25) is 0 Å². The zero-order valence-electron chi connectivity index (χ0n) is 12.4. The summed E-state index contributed by atoms with van der Waals surface area (Å²) in [5.74, 6) is 2.79. The van der Waals surface area contributed by atoms with Crippen LogP contribution >= 0.6 is 11.8 Å². The van der Waals surface area contributed by atoms with Gasteiger partial charge in [-0.15, -0.1) is 11.8 Å². The Bertz CT molecular complexity index is 573. The third-order valence-corrected chi connectivity index (χ3v) is 4.83. The molecule has 0 bridgehead atoms. The Labute approximate surface area is 130 Å². The van der Waals surface area contributed by atoms with Crippen LogP contribution in [0, 0.1) is 5.92 Å². The molecule has 0 radical (unpaired) electrons. The van der Waals surface area contributed by atoms with Crippen molar-refractivity contribution >= 4 is 17.6 Å². The molecule has 3 nitrogen and oxygen atoms in total. The Morgan fingerprint density at radius 1 is 1.24 bits per heavy atom. The van der Waals surface area contributed by atoms with Crippen LogP contribution in [-0.2, 0) is 5.75 Å². The number of rotatable bonds is 4. The maximum absolute atomic E-state index is 4.45. The molecule has 0 aliphatic carbocycles. The Balaban J connectivity index is 1.65. The van der Waals surface area contributed by atoms with Crippen molar-refractivity contribution in [1.82, 2.24) is 9.97 Å². The molecule has 1 fully saturated rings. The number of thioether (sulfide) groups is 1. The van der Waals surface area contributed by atoms with Crippen LogP contribution in [0.3, 0.4) is 0 Å². The van der Waals surface area contributed by atoms with E-state index in [1.54, 1.807) is 18.1 Å². The van der Waals surface area contributed by atoms with Crippen LogP contribution in [0.25, 0.3) is 0 Å². The summed E-state index contributed by atoms with van der Waals surface area (Å²) in [7, 11) is 0. The van der Waals surface area contributed by atoms with Gasteiger partial charge in [-0.25, -0.2) is 9.97 Å². The van der Waals surface area contributed by atoms with Gasteiger partial charge in [0.2, 0.25) is 0 Å². The molecule has 1 aliphatic rings. The highest BCUT2D eigenvalue weighted by atomic mass is 32.2. The Morgan fingerprint density at radius 3 is 2.90 bits per heavy atom. The highest BCUT2D eigenvalue weighted by Gasteiger charge is 2.17. The minimum absolute atomic E-state index is 0.758. The lowest BCUT2D eigenvalue weighted by Gasteiger charge is -2.31. The van der Waals surface area contributed by atoms with Gasteiger partial charge in [0.1, 0.15) is 17.2 Å². The van der Waals surface area contributed by atoms with Crippen molar-refractivity contribution in [2.75, 3.05) is 18.0 Å². The summed E-state index contributed by atoms with van der Waals surface area (Å²) in [4.78, 5) is 11.2. The van der Waals surface area contributed by atoms with E-state index in [1.807, 2.05) is 0 Å². The molecule has 1 aliphatic heterocycles. The molecule has 1 atom stereocenters. The molecule has 21 heavy (non-hydrogen) atoms. The second-order valence-corrected chi connectivity index (χ2v) is 6.68. The fourth-order valence-electron chi connectivity index (χ4n) is 2.71. The molecular weight excluding hydrogens is 278 g/mol. The molecule has 0 N–H and O–H groups in total. The van der Waals surface area contributed by atoms with Crippen LogP contribution in [0.5, 0.6) is 0 Å². The van der Waals surface area contributed by atoms with Gasteiger partial charge in [0.05, 0.1) is 0 Å². The van der Waals surface area contributed by atoms with Gasteiger partial charge in [-0.1, -0.05) is 37.3 Å². The smallest absolute Gasteiger partial charge is 0.133 e. The molecule has 110 valence electrons. The maximum Gasteiger partial charge on any atom is 0.133 e. The topological polar surface area (TPSA) is 29.0 Å². The van der Waals surface area contributed by atoms with Gasteiger partial charge in [-0.05, 0) is 24.3 Å². The molecule has 1 unspecified atom stereocenters. The number of aromatic nitrogens is 2. The summed E-state index contributed by atoms with van der Waals surface area (Å²) in [6.45, 7) is 4.54. The van der Waals surface area contributed by atoms with Gasteiger partial charge in [-0.2, -0.15) is 0 Å². The predicted molar refractivity (Wildman–Crippen MR) is 88.6 cm³/mol. The van der Waals surface area contributed by atoms with Crippen molar-refractivity contribution < 1.29 is 0 Å². The largest absolute Gasteiger partial charge is 0.356 e. The number of hydrogen-bond donors (Lipinski definition) is 0. The summed E-state index contributed by atoms with van der Waals surface area (Å²) in [6, 6.07) is 12.6. The number of nitrogens with zero attached hydrogens (tertiary/aromatic N) is 3. The van der Waals surface area contributed by atoms with Gasteiger partial charge in [-0.3, -0.25) is 0 Å². The van der Waals surface area contributed by atoms with Crippen molar-refractivity contribution in [2.24, 2.45) is 5.92 Å². The third-order valence-electron chi connectivity index (χ3n) is 3.84. The zero-order valence-corrected chi connectivity index (χ0v) is 13.2. The second kappa shape index (κ2) is 6.94. The van der Waals surface area contributed by atoms with E-state index in [1.165, 1.54) is 18.4 Å². The number of benzene rings is 1. The van der Waals surface area contributed by atoms with E-state index in [-0.39, 0.29) is 0 Å². The fourth-order valence-corrected chi connectivity index (χ4v) is 3.53. The zero-order chi connectivity index (χ0) is 14.5. The molecule has 2 aromatic rings. The van der Waals surface area contributed by atoms with Crippen molar-refractivity contribution in [3.05, 3.63) is 48.3 Å². The van der Waals surface area contributed by atoms with Crippen LogP contribution in [0.15, 0.2) is 47.8 Å². The second-order valence-electron chi connectivity index (χ2n) is 5.68. The van der Waals surface area contributed by atoms with Crippen molar-refractivity contribution in [3.8, 4) is 0 Å². The van der Waals surface area contributed by atoms with E-state index in [0.717, 1.165) is 35.6 Å². The molecule has 0 saturated carbocycles. The van der Waals surface area contributed by atoms with E-state index in [2.05, 4.69) is 58.2 Å². The highest BCUT2D eigenvalue weighted by Crippen LogP contribution is 2.26. The van der Waals surface area contributed by atoms with E-state index >= 15 is 0 Å². The average Bonchev–Trinajstić information content (AvgIpc) is 2.54. The first kappa shape index (κ1) is 14.4. The first-order valence-corrected chi connectivity index (χ1v) is 8.53. The van der Waals surface area contributed by atoms with E-state index in [9.17, 15) is 0 Å². The molecule has 1 aromatic heterocycles. The van der Waals surface area contributed by atoms with Crippen LogP contribution in [0.4, 0.5) is 5.82 Å². The first-order chi connectivity index (χ1) is 10.3. The molecule has 2 heterocycles. The molecule has 0 spiro atoms. The number of piperidine rings is 1. The monoisotopic (exact) mass is 299 g/mol. The van der Waals surface area contributed by atoms with Gasteiger partial charge < -0.3 is 4.90 Å². The highest BCUT2D eigenvalue weighted by molar-refractivity contribution is 7.98. The first-order valence-electron chi connectivity index (χ1n) is 7.55. The lowest BCUT2D eigenvalue weighted by atomic mass is 10.0. The van der Waals surface area contributed by atoms with Crippen LogP contribution in [-0.4, -0.2) is 23.1 Å². The molecule has 0 amide bonds. The SMILES string of the molecule is CC1CCCN(c2cc(SCc3ccccc3)ncn2)C1. The molecule has 1 aromatic carbocycles. The van der Waals surface area contributed by atoms with E-state index in [4.69, 9.17) is 0 Å². The van der Waals surface area contributed by atoms with Gasteiger partial charge in [0.25, 0.3) is 0 Å². The average molecular weight is 299 g/mol. The fraction of sp³-hybridized carbons (Fsp3) is 0.412. The Morgan fingerprint density at radius 2 is 2.10 bits per heavy atom. The summed E-state index contributed by atoms with van der Waals surface area (Å²) < 4.78 is 0. The minimum atomic E-state index is 0.758. The molecule has 4 heteroatoms. The summed E-state index contributed by atoms with van der Waals surface area (Å²) in [5, 5.41) is 1.06. The molecular formula is C17H21N3S. The number of hydrogen-bond acceptors (Lipinski definition) is 4. The van der Waals surface area contributed by atoms with Gasteiger partial charge in [0.15, 0.2) is 0 Å². The molecule has 1 saturated heterocycles. The lowest BCUT2D eigenvalue weighted by molar-refractivity contribution is 0.444. The predicted octanol–water partition coefficient (Wildman–Crippen LogP) is 4.01. The summed E-state index contributed by atoms with van der Waals surface area (Å²) in [6.07, 6.45) is 4.29. The van der Waals surface area contributed by atoms with Gasteiger partial charge in [0, 0.05) is 24.9 Å². The number of anilines is 1. The Kier molecular flexibility index (Phi) is 4.76.